The van der Waals surface area contributed by atoms with Gasteiger partial charge in [0.25, 0.3) is 0 Å². The molecular formula is C16H14F4O2. The van der Waals surface area contributed by atoms with Gasteiger partial charge in [-0.1, -0.05) is 19.9 Å². The van der Waals surface area contributed by atoms with Crippen LogP contribution in [0.4, 0.5) is 17.6 Å². The summed E-state index contributed by atoms with van der Waals surface area (Å²) in [5.74, 6) is -0.487. The summed E-state index contributed by atoms with van der Waals surface area (Å²) in [4.78, 5) is 0. The van der Waals surface area contributed by atoms with Gasteiger partial charge in [-0.25, -0.2) is 4.39 Å². The standard InChI is InChI=1S/C16H14F4O2/c1-10(2)11-3-8-15(14(17)9-11)21-12-4-6-13(7-5-12)22-16(18,19)20/h3-10H,1-2H3. The summed E-state index contributed by atoms with van der Waals surface area (Å²) in [6, 6.07) is 9.36. The number of hydrogen-bond acceptors (Lipinski definition) is 2. The molecule has 2 aromatic carbocycles. The molecule has 22 heavy (non-hydrogen) atoms. The molecule has 0 fully saturated rings. The number of rotatable bonds is 4. The third-order valence-electron chi connectivity index (χ3n) is 2.91. The summed E-state index contributed by atoms with van der Waals surface area (Å²) < 4.78 is 59.1. The lowest BCUT2D eigenvalue weighted by atomic mass is 10.0. The highest BCUT2D eigenvalue weighted by atomic mass is 19.4. The summed E-state index contributed by atoms with van der Waals surface area (Å²) in [7, 11) is 0. The van der Waals surface area contributed by atoms with Crippen molar-refractivity contribution in [2.75, 3.05) is 0 Å². The summed E-state index contributed by atoms with van der Waals surface area (Å²) in [6.45, 7) is 3.88. The first kappa shape index (κ1) is 16.1. The molecule has 0 aliphatic carbocycles. The van der Waals surface area contributed by atoms with Crippen molar-refractivity contribution >= 4 is 0 Å². The normalized spacial score (nSPS) is 11.6. The van der Waals surface area contributed by atoms with Crippen LogP contribution in [0.15, 0.2) is 42.5 Å². The summed E-state index contributed by atoms with van der Waals surface area (Å²) in [6.07, 6.45) is -4.75. The predicted molar refractivity (Wildman–Crippen MR) is 73.7 cm³/mol. The highest BCUT2D eigenvalue weighted by Gasteiger charge is 2.30. The monoisotopic (exact) mass is 314 g/mol. The molecule has 0 amide bonds. The van der Waals surface area contributed by atoms with Crippen LogP contribution in [0.1, 0.15) is 25.3 Å². The largest absolute Gasteiger partial charge is 0.573 e. The van der Waals surface area contributed by atoms with E-state index in [1.807, 2.05) is 13.8 Å². The van der Waals surface area contributed by atoms with Crippen LogP contribution in [0.3, 0.4) is 0 Å². The van der Waals surface area contributed by atoms with Crippen molar-refractivity contribution in [3.05, 3.63) is 53.8 Å². The Morgan fingerprint density at radius 3 is 2.00 bits per heavy atom. The molecule has 0 N–H and O–H groups in total. The molecule has 0 aliphatic heterocycles. The lowest BCUT2D eigenvalue weighted by molar-refractivity contribution is -0.274. The molecule has 2 aromatic rings. The molecular weight excluding hydrogens is 300 g/mol. The predicted octanol–water partition coefficient (Wildman–Crippen LogP) is 5.64. The zero-order valence-electron chi connectivity index (χ0n) is 11.9. The highest BCUT2D eigenvalue weighted by molar-refractivity contribution is 5.37. The second-order valence-electron chi connectivity index (χ2n) is 4.97. The topological polar surface area (TPSA) is 18.5 Å². The van der Waals surface area contributed by atoms with Gasteiger partial charge in [0.2, 0.25) is 0 Å². The van der Waals surface area contributed by atoms with Gasteiger partial charge in [-0.2, -0.15) is 0 Å². The number of alkyl halides is 3. The molecule has 0 unspecified atom stereocenters. The minimum absolute atomic E-state index is 0.00823. The van der Waals surface area contributed by atoms with Crippen molar-refractivity contribution in [1.29, 1.82) is 0 Å². The molecule has 2 rings (SSSR count). The van der Waals surface area contributed by atoms with E-state index < -0.39 is 12.2 Å². The van der Waals surface area contributed by atoms with Crippen LogP contribution in [0.5, 0.6) is 17.2 Å². The maximum absolute atomic E-state index is 13.9. The second kappa shape index (κ2) is 6.25. The van der Waals surface area contributed by atoms with Crippen molar-refractivity contribution in [2.24, 2.45) is 0 Å². The fraction of sp³-hybridized carbons (Fsp3) is 0.250. The first-order chi connectivity index (χ1) is 10.2. The molecule has 118 valence electrons. The summed E-state index contributed by atoms with van der Waals surface area (Å²) in [5, 5.41) is 0. The summed E-state index contributed by atoms with van der Waals surface area (Å²) in [5.41, 5.74) is 0.832. The Morgan fingerprint density at radius 1 is 0.909 bits per heavy atom. The van der Waals surface area contributed by atoms with E-state index in [-0.39, 0.29) is 23.2 Å². The van der Waals surface area contributed by atoms with Gasteiger partial charge in [-0.05, 0) is 47.9 Å². The smallest absolute Gasteiger partial charge is 0.454 e. The van der Waals surface area contributed by atoms with E-state index in [2.05, 4.69) is 4.74 Å². The van der Waals surface area contributed by atoms with Gasteiger partial charge < -0.3 is 9.47 Å². The van der Waals surface area contributed by atoms with Crippen molar-refractivity contribution < 1.29 is 27.0 Å². The molecule has 6 heteroatoms. The molecule has 0 aliphatic rings. The quantitative estimate of drug-likeness (QED) is 0.680. The molecule has 0 aromatic heterocycles. The van der Waals surface area contributed by atoms with E-state index in [4.69, 9.17) is 4.74 Å². The SMILES string of the molecule is CC(C)c1ccc(Oc2ccc(OC(F)(F)F)cc2)c(F)c1. The second-order valence-corrected chi connectivity index (χ2v) is 4.97. The zero-order chi connectivity index (χ0) is 16.3. The molecule has 0 heterocycles. The molecule has 0 saturated carbocycles. The van der Waals surface area contributed by atoms with Gasteiger partial charge in [0.1, 0.15) is 11.5 Å². The van der Waals surface area contributed by atoms with Gasteiger partial charge in [-0.15, -0.1) is 13.2 Å². The van der Waals surface area contributed by atoms with Gasteiger partial charge in [0.05, 0.1) is 0 Å². The number of hydrogen-bond donors (Lipinski definition) is 0. The van der Waals surface area contributed by atoms with E-state index in [0.717, 1.165) is 17.7 Å². The van der Waals surface area contributed by atoms with Crippen LogP contribution in [-0.2, 0) is 0 Å². The Labute approximate surface area is 125 Å². The van der Waals surface area contributed by atoms with E-state index in [0.29, 0.717) is 0 Å². The molecule has 0 bridgehead atoms. The van der Waals surface area contributed by atoms with Gasteiger partial charge >= 0.3 is 6.36 Å². The van der Waals surface area contributed by atoms with Crippen LogP contribution in [0.2, 0.25) is 0 Å². The Kier molecular flexibility index (Phi) is 4.59. The Hall–Kier alpha value is -2.24. The average Bonchev–Trinajstić information content (AvgIpc) is 2.41. The fourth-order valence-corrected chi connectivity index (χ4v) is 1.80. The van der Waals surface area contributed by atoms with Crippen molar-refractivity contribution in [3.8, 4) is 17.2 Å². The zero-order valence-corrected chi connectivity index (χ0v) is 11.9. The Balaban J connectivity index is 2.11. The number of halogens is 4. The Morgan fingerprint density at radius 2 is 1.50 bits per heavy atom. The first-order valence-electron chi connectivity index (χ1n) is 6.58. The van der Waals surface area contributed by atoms with Crippen molar-refractivity contribution in [2.45, 2.75) is 26.1 Å². The van der Waals surface area contributed by atoms with Gasteiger partial charge in [-0.3, -0.25) is 0 Å². The van der Waals surface area contributed by atoms with Crippen LogP contribution in [-0.4, -0.2) is 6.36 Å². The molecule has 0 radical (unpaired) electrons. The van der Waals surface area contributed by atoms with Crippen LogP contribution < -0.4 is 9.47 Å². The van der Waals surface area contributed by atoms with Crippen LogP contribution in [0, 0.1) is 5.82 Å². The number of benzene rings is 2. The lowest BCUT2D eigenvalue weighted by Gasteiger charge is -2.11. The molecule has 0 saturated heterocycles. The summed E-state index contributed by atoms with van der Waals surface area (Å²) >= 11 is 0. The molecule has 2 nitrogen and oxygen atoms in total. The van der Waals surface area contributed by atoms with Crippen LogP contribution in [0.25, 0.3) is 0 Å². The Bertz CT molecular complexity index is 634. The maximum atomic E-state index is 13.9. The average molecular weight is 314 g/mol. The van der Waals surface area contributed by atoms with E-state index in [1.54, 1.807) is 6.07 Å². The van der Waals surface area contributed by atoms with E-state index in [9.17, 15) is 17.6 Å². The highest BCUT2D eigenvalue weighted by Crippen LogP contribution is 2.29. The van der Waals surface area contributed by atoms with E-state index in [1.165, 1.54) is 24.3 Å². The third kappa shape index (κ3) is 4.38. The number of ether oxygens (including phenoxy) is 2. The third-order valence-corrected chi connectivity index (χ3v) is 2.91. The van der Waals surface area contributed by atoms with Gasteiger partial charge in [0.15, 0.2) is 11.6 Å². The first-order valence-corrected chi connectivity index (χ1v) is 6.58. The minimum Gasteiger partial charge on any atom is -0.454 e. The molecule has 0 spiro atoms. The lowest BCUT2D eigenvalue weighted by Crippen LogP contribution is -2.16. The van der Waals surface area contributed by atoms with Crippen molar-refractivity contribution in [1.82, 2.24) is 0 Å². The fourth-order valence-electron chi connectivity index (χ4n) is 1.80. The van der Waals surface area contributed by atoms with Gasteiger partial charge in [0, 0.05) is 0 Å². The van der Waals surface area contributed by atoms with E-state index >= 15 is 0 Å². The van der Waals surface area contributed by atoms with Crippen molar-refractivity contribution in [3.63, 3.8) is 0 Å². The maximum Gasteiger partial charge on any atom is 0.573 e. The molecule has 0 atom stereocenters. The van der Waals surface area contributed by atoms with Crippen LogP contribution >= 0.6 is 0 Å². The minimum atomic E-state index is -4.75.